The van der Waals surface area contributed by atoms with Crippen molar-refractivity contribution in [3.05, 3.63) is 47.0 Å². The van der Waals surface area contributed by atoms with Crippen LogP contribution in [0.25, 0.3) is 22.1 Å². The average Bonchev–Trinajstić information content (AvgIpc) is 3.15. The van der Waals surface area contributed by atoms with E-state index in [-0.39, 0.29) is 5.97 Å². The topological polar surface area (TPSA) is 84.8 Å². The van der Waals surface area contributed by atoms with E-state index in [1.54, 1.807) is 25.1 Å². The smallest absolute Gasteiger partial charge is 0.338 e. The number of hydrogen-bond acceptors (Lipinski definition) is 5. The SMILES string of the molecule is CCOC(=O)c1ccc2c(c1)nc(Nc1nc3ccc(Cl)cc3[nH]1)n2C. The molecule has 4 rings (SSSR count). The number of hydrogen-bond donors (Lipinski definition) is 2. The molecule has 7 nitrogen and oxygen atoms in total. The van der Waals surface area contributed by atoms with Crippen molar-refractivity contribution in [3.8, 4) is 0 Å². The molecule has 132 valence electrons. The van der Waals surface area contributed by atoms with Gasteiger partial charge >= 0.3 is 5.97 Å². The zero-order chi connectivity index (χ0) is 18.3. The van der Waals surface area contributed by atoms with Gasteiger partial charge in [-0.05, 0) is 43.3 Å². The van der Waals surface area contributed by atoms with Gasteiger partial charge in [-0.1, -0.05) is 11.6 Å². The number of ether oxygens (including phenoxy) is 1. The molecule has 2 aromatic carbocycles. The number of halogens is 1. The normalized spacial score (nSPS) is 11.2. The molecule has 0 saturated heterocycles. The van der Waals surface area contributed by atoms with Crippen LogP contribution in [-0.2, 0) is 11.8 Å². The lowest BCUT2D eigenvalue weighted by atomic mass is 10.2. The second-order valence-electron chi connectivity index (χ2n) is 5.79. The number of nitrogens with one attached hydrogen (secondary N) is 2. The van der Waals surface area contributed by atoms with E-state index in [2.05, 4.69) is 20.3 Å². The molecule has 4 aromatic rings. The molecule has 0 aliphatic carbocycles. The number of aryl methyl sites for hydroxylation is 1. The van der Waals surface area contributed by atoms with Crippen molar-refractivity contribution in [3.63, 3.8) is 0 Å². The average molecular weight is 370 g/mol. The van der Waals surface area contributed by atoms with E-state index >= 15 is 0 Å². The number of anilines is 2. The van der Waals surface area contributed by atoms with Gasteiger partial charge in [0.1, 0.15) is 0 Å². The Morgan fingerprint density at radius 1 is 1.23 bits per heavy atom. The van der Waals surface area contributed by atoms with Crippen molar-refractivity contribution in [2.75, 3.05) is 11.9 Å². The van der Waals surface area contributed by atoms with Crippen molar-refractivity contribution in [2.45, 2.75) is 6.92 Å². The maximum absolute atomic E-state index is 11.9. The number of rotatable bonds is 4. The van der Waals surface area contributed by atoms with E-state index in [0.29, 0.717) is 34.6 Å². The van der Waals surface area contributed by atoms with Crippen LogP contribution in [0.2, 0.25) is 5.02 Å². The fourth-order valence-corrected chi connectivity index (χ4v) is 2.97. The lowest BCUT2D eigenvalue weighted by Crippen LogP contribution is -2.04. The Bertz CT molecular complexity index is 1130. The molecule has 0 fully saturated rings. The molecule has 0 saturated carbocycles. The number of esters is 1. The molecule has 0 radical (unpaired) electrons. The maximum Gasteiger partial charge on any atom is 0.338 e. The Labute approximate surface area is 154 Å². The quantitative estimate of drug-likeness (QED) is 0.530. The molecule has 0 aliphatic heterocycles. The van der Waals surface area contributed by atoms with Crippen LogP contribution in [0.4, 0.5) is 11.9 Å². The van der Waals surface area contributed by atoms with Crippen LogP contribution < -0.4 is 5.32 Å². The highest BCUT2D eigenvalue weighted by Crippen LogP contribution is 2.24. The number of imidazole rings is 2. The van der Waals surface area contributed by atoms with Crippen LogP contribution in [0, 0.1) is 0 Å². The summed E-state index contributed by atoms with van der Waals surface area (Å²) in [7, 11) is 1.89. The number of aromatic amines is 1. The third-order valence-corrected chi connectivity index (χ3v) is 4.30. The largest absolute Gasteiger partial charge is 0.462 e. The highest BCUT2D eigenvalue weighted by molar-refractivity contribution is 6.31. The molecule has 26 heavy (non-hydrogen) atoms. The van der Waals surface area contributed by atoms with Crippen molar-refractivity contribution < 1.29 is 9.53 Å². The number of H-pyrrole nitrogens is 1. The molecule has 2 aromatic heterocycles. The number of benzene rings is 2. The maximum atomic E-state index is 11.9. The summed E-state index contributed by atoms with van der Waals surface area (Å²) in [5.41, 5.74) is 3.70. The van der Waals surface area contributed by atoms with E-state index in [9.17, 15) is 4.79 Å². The predicted octanol–water partition coefficient (Wildman–Crippen LogP) is 4.02. The second-order valence-corrected chi connectivity index (χ2v) is 6.23. The summed E-state index contributed by atoms with van der Waals surface area (Å²) >= 11 is 6.01. The number of carbonyl (C=O) groups is 1. The molecule has 0 amide bonds. The van der Waals surface area contributed by atoms with Crippen molar-refractivity contribution in [1.29, 1.82) is 0 Å². The summed E-state index contributed by atoms with van der Waals surface area (Å²) in [5, 5.41) is 3.81. The van der Waals surface area contributed by atoms with Crippen LogP contribution in [-0.4, -0.2) is 32.1 Å². The van der Waals surface area contributed by atoms with Gasteiger partial charge in [0.15, 0.2) is 0 Å². The minimum absolute atomic E-state index is 0.335. The lowest BCUT2D eigenvalue weighted by Gasteiger charge is -2.03. The molecule has 0 aliphatic rings. The van der Waals surface area contributed by atoms with Crippen molar-refractivity contribution in [1.82, 2.24) is 19.5 Å². The molecule has 0 atom stereocenters. The van der Waals surface area contributed by atoms with E-state index in [1.165, 1.54) is 0 Å². The van der Waals surface area contributed by atoms with Crippen LogP contribution in [0.5, 0.6) is 0 Å². The van der Waals surface area contributed by atoms with Crippen molar-refractivity contribution >= 4 is 51.5 Å². The zero-order valence-electron chi connectivity index (χ0n) is 14.2. The summed E-state index contributed by atoms with van der Waals surface area (Å²) in [4.78, 5) is 24.1. The third kappa shape index (κ3) is 2.86. The molecule has 0 bridgehead atoms. The van der Waals surface area contributed by atoms with Gasteiger partial charge in [-0.25, -0.2) is 14.8 Å². The highest BCUT2D eigenvalue weighted by Gasteiger charge is 2.13. The van der Waals surface area contributed by atoms with Crippen LogP contribution >= 0.6 is 11.6 Å². The number of carbonyl (C=O) groups excluding carboxylic acids is 1. The Morgan fingerprint density at radius 2 is 2.08 bits per heavy atom. The van der Waals surface area contributed by atoms with Crippen LogP contribution in [0.3, 0.4) is 0 Å². The van der Waals surface area contributed by atoms with Gasteiger partial charge < -0.3 is 14.3 Å². The van der Waals surface area contributed by atoms with Gasteiger partial charge in [0.05, 0.1) is 34.2 Å². The Morgan fingerprint density at radius 3 is 2.88 bits per heavy atom. The fraction of sp³-hybridized carbons (Fsp3) is 0.167. The molecule has 0 unspecified atom stereocenters. The molecule has 2 heterocycles. The second kappa shape index (κ2) is 6.34. The van der Waals surface area contributed by atoms with Gasteiger partial charge in [-0.2, -0.15) is 0 Å². The van der Waals surface area contributed by atoms with Crippen LogP contribution in [0.15, 0.2) is 36.4 Å². The monoisotopic (exact) mass is 369 g/mol. The predicted molar refractivity (Wildman–Crippen MR) is 101 cm³/mol. The first-order chi connectivity index (χ1) is 12.5. The summed E-state index contributed by atoms with van der Waals surface area (Å²) < 4.78 is 6.93. The first-order valence-electron chi connectivity index (χ1n) is 8.11. The van der Waals surface area contributed by atoms with Gasteiger partial charge in [-0.3, -0.25) is 5.32 Å². The van der Waals surface area contributed by atoms with Crippen molar-refractivity contribution in [2.24, 2.45) is 7.05 Å². The molecule has 8 heteroatoms. The van der Waals surface area contributed by atoms with E-state index in [1.807, 2.05) is 29.8 Å². The van der Waals surface area contributed by atoms with E-state index < -0.39 is 0 Å². The molecular formula is C18H16ClN5O2. The minimum atomic E-state index is -0.358. The van der Waals surface area contributed by atoms with Crippen LogP contribution in [0.1, 0.15) is 17.3 Å². The van der Waals surface area contributed by atoms with Gasteiger partial charge in [0.2, 0.25) is 11.9 Å². The Hall–Kier alpha value is -3.06. The number of nitrogens with zero attached hydrogens (tertiary/aromatic N) is 3. The zero-order valence-corrected chi connectivity index (χ0v) is 15.0. The first-order valence-corrected chi connectivity index (χ1v) is 8.49. The summed E-state index contributed by atoms with van der Waals surface area (Å²) in [5.74, 6) is 0.807. The Kier molecular flexibility index (Phi) is 4.00. The van der Waals surface area contributed by atoms with Gasteiger partial charge in [0.25, 0.3) is 0 Å². The molecule has 2 N–H and O–H groups in total. The van der Waals surface area contributed by atoms with Gasteiger partial charge in [0, 0.05) is 12.1 Å². The molecule has 0 spiro atoms. The fourth-order valence-electron chi connectivity index (χ4n) is 2.80. The number of aromatic nitrogens is 4. The third-order valence-electron chi connectivity index (χ3n) is 4.07. The molecular weight excluding hydrogens is 354 g/mol. The number of fused-ring (bicyclic) bond motifs is 2. The standard InChI is InChI=1S/C18H16ClN5O2/c1-3-26-16(25)10-4-7-15-14(8-10)22-18(24(15)2)23-17-20-12-6-5-11(19)9-13(12)21-17/h4-9H,3H2,1-2H3,(H2,20,21,22,23). The van der Waals surface area contributed by atoms with Gasteiger partial charge in [-0.15, -0.1) is 0 Å². The first kappa shape index (κ1) is 16.4. The van der Waals surface area contributed by atoms with E-state index in [0.717, 1.165) is 16.6 Å². The summed E-state index contributed by atoms with van der Waals surface area (Å²) in [6.45, 7) is 2.11. The van der Waals surface area contributed by atoms with E-state index in [4.69, 9.17) is 16.3 Å². The Balaban J connectivity index is 1.69. The lowest BCUT2D eigenvalue weighted by molar-refractivity contribution is 0.0526. The minimum Gasteiger partial charge on any atom is -0.462 e. The summed E-state index contributed by atoms with van der Waals surface area (Å²) in [6, 6.07) is 10.8. The highest BCUT2D eigenvalue weighted by atomic mass is 35.5. The summed E-state index contributed by atoms with van der Waals surface area (Å²) in [6.07, 6.45) is 0.